The SMILES string of the molecule is COCCCn1c(O)c(C(=O)Cc2ccc(OC)cc2)c(C)c(C#N)c1=O. The van der Waals surface area contributed by atoms with Gasteiger partial charge in [0.1, 0.15) is 17.4 Å². The molecule has 27 heavy (non-hydrogen) atoms. The Morgan fingerprint density at radius 1 is 1.26 bits per heavy atom. The number of ether oxygens (including phenoxy) is 2. The summed E-state index contributed by atoms with van der Waals surface area (Å²) in [6.45, 7) is 2.04. The minimum atomic E-state index is -0.607. The summed E-state index contributed by atoms with van der Waals surface area (Å²) in [5.41, 5.74) is 0.184. The standard InChI is InChI=1S/C20H22N2O5/c1-13-16(12-21)19(24)22(9-4-10-26-2)20(25)18(13)17(23)11-14-5-7-15(27-3)8-6-14/h5-8,25H,4,9-11H2,1-3H3. The van der Waals surface area contributed by atoms with Crippen LogP contribution in [0.4, 0.5) is 0 Å². The fourth-order valence-electron chi connectivity index (χ4n) is 2.88. The van der Waals surface area contributed by atoms with E-state index in [1.807, 2.05) is 6.07 Å². The van der Waals surface area contributed by atoms with E-state index in [1.165, 1.54) is 14.0 Å². The Morgan fingerprint density at radius 3 is 2.48 bits per heavy atom. The summed E-state index contributed by atoms with van der Waals surface area (Å²) in [6, 6.07) is 8.83. The highest BCUT2D eigenvalue weighted by Crippen LogP contribution is 2.24. The van der Waals surface area contributed by atoms with Crippen LogP contribution in [-0.2, 0) is 17.7 Å². The van der Waals surface area contributed by atoms with Crippen molar-refractivity contribution in [1.82, 2.24) is 4.57 Å². The van der Waals surface area contributed by atoms with Crippen molar-refractivity contribution in [2.45, 2.75) is 26.3 Å². The first-order chi connectivity index (χ1) is 12.9. The van der Waals surface area contributed by atoms with Crippen LogP contribution in [0.5, 0.6) is 11.6 Å². The summed E-state index contributed by atoms with van der Waals surface area (Å²) >= 11 is 0. The lowest BCUT2D eigenvalue weighted by Crippen LogP contribution is -2.27. The number of benzene rings is 1. The molecule has 142 valence electrons. The number of aromatic hydroxyl groups is 1. The molecule has 7 nitrogen and oxygen atoms in total. The molecule has 0 saturated carbocycles. The van der Waals surface area contributed by atoms with E-state index in [2.05, 4.69) is 0 Å². The molecule has 0 spiro atoms. The number of pyridine rings is 1. The van der Waals surface area contributed by atoms with Crippen molar-refractivity contribution in [2.75, 3.05) is 20.8 Å². The predicted molar refractivity (Wildman–Crippen MR) is 99.3 cm³/mol. The molecule has 0 unspecified atom stereocenters. The minimum Gasteiger partial charge on any atom is -0.497 e. The maximum absolute atomic E-state index is 12.8. The lowest BCUT2D eigenvalue weighted by Gasteiger charge is -2.15. The number of nitriles is 1. The van der Waals surface area contributed by atoms with Crippen LogP contribution in [0.3, 0.4) is 0 Å². The minimum absolute atomic E-state index is 0.000570. The third kappa shape index (κ3) is 4.36. The smallest absolute Gasteiger partial charge is 0.271 e. The van der Waals surface area contributed by atoms with E-state index < -0.39 is 11.4 Å². The second-order valence-corrected chi connectivity index (χ2v) is 6.06. The molecule has 0 bridgehead atoms. The fraction of sp³-hybridized carbons (Fsp3) is 0.350. The van der Waals surface area contributed by atoms with Gasteiger partial charge >= 0.3 is 0 Å². The van der Waals surface area contributed by atoms with Crippen molar-refractivity contribution in [3.05, 3.63) is 56.9 Å². The number of nitrogens with zero attached hydrogens (tertiary/aromatic N) is 2. The molecule has 0 aliphatic rings. The normalized spacial score (nSPS) is 10.4. The zero-order valence-electron chi connectivity index (χ0n) is 15.6. The number of methoxy groups -OCH3 is 2. The first kappa shape index (κ1) is 20.2. The van der Waals surface area contributed by atoms with Crippen LogP contribution in [-0.4, -0.2) is 36.3 Å². The third-order valence-corrected chi connectivity index (χ3v) is 4.33. The van der Waals surface area contributed by atoms with E-state index in [4.69, 9.17) is 9.47 Å². The summed E-state index contributed by atoms with van der Waals surface area (Å²) in [6.07, 6.45) is 0.490. The molecular formula is C20H22N2O5. The van der Waals surface area contributed by atoms with E-state index in [9.17, 15) is 20.0 Å². The number of carbonyl (C=O) groups is 1. The molecule has 0 amide bonds. The van der Waals surface area contributed by atoms with E-state index in [0.29, 0.717) is 18.8 Å². The highest BCUT2D eigenvalue weighted by molar-refractivity contribution is 6.01. The van der Waals surface area contributed by atoms with E-state index >= 15 is 0 Å². The number of hydrogen-bond donors (Lipinski definition) is 1. The van der Waals surface area contributed by atoms with Crippen molar-refractivity contribution in [3.63, 3.8) is 0 Å². The van der Waals surface area contributed by atoms with E-state index in [0.717, 1.165) is 10.1 Å². The summed E-state index contributed by atoms with van der Waals surface area (Å²) in [5.74, 6) is -0.109. The van der Waals surface area contributed by atoms with Crippen molar-refractivity contribution in [2.24, 2.45) is 0 Å². The van der Waals surface area contributed by atoms with Gasteiger partial charge < -0.3 is 14.6 Å². The van der Waals surface area contributed by atoms with Gasteiger partial charge in [0.15, 0.2) is 5.78 Å². The van der Waals surface area contributed by atoms with Gasteiger partial charge in [-0.1, -0.05) is 12.1 Å². The zero-order valence-corrected chi connectivity index (χ0v) is 15.6. The van der Waals surface area contributed by atoms with Crippen LogP contribution in [0.1, 0.15) is 33.5 Å². The highest BCUT2D eigenvalue weighted by atomic mass is 16.5. The van der Waals surface area contributed by atoms with Crippen LogP contribution in [0.2, 0.25) is 0 Å². The van der Waals surface area contributed by atoms with Crippen molar-refractivity contribution in [3.8, 4) is 17.7 Å². The summed E-state index contributed by atoms with van der Waals surface area (Å²) in [4.78, 5) is 25.3. The van der Waals surface area contributed by atoms with Crippen molar-refractivity contribution < 1.29 is 19.4 Å². The highest BCUT2D eigenvalue weighted by Gasteiger charge is 2.23. The molecule has 2 rings (SSSR count). The summed E-state index contributed by atoms with van der Waals surface area (Å²) < 4.78 is 11.1. The molecular weight excluding hydrogens is 348 g/mol. The zero-order chi connectivity index (χ0) is 20.0. The lowest BCUT2D eigenvalue weighted by molar-refractivity contribution is 0.0987. The second kappa shape index (κ2) is 9.01. The Bertz CT molecular complexity index is 923. The molecule has 0 aliphatic heterocycles. The molecule has 0 saturated heterocycles. The average molecular weight is 370 g/mol. The van der Waals surface area contributed by atoms with Gasteiger partial charge in [-0.05, 0) is 36.6 Å². The number of Topliss-reactive ketones (excluding diaryl/α,β-unsaturated/α-hetero) is 1. The van der Waals surface area contributed by atoms with E-state index in [-0.39, 0.29) is 35.4 Å². The quantitative estimate of drug-likeness (QED) is 0.565. The Morgan fingerprint density at radius 2 is 1.93 bits per heavy atom. The van der Waals surface area contributed by atoms with Crippen molar-refractivity contribution >= 4 is 5.78 Å². The number of carbonyl (C=O) groups excluding carboxylic acids is 1. The Labute approximate surface area is 157 Å². The average Bonchev–Trinajstić information content (AvgIpc) is 2.65. The van der Waals surface area contributed by atoms with Crippen LogP contribution in [0.15, 0.2) is 29.1 Å². The maximum Gasteiger partial charge on any atom is 0.271 e. The molecule has 0 atom stereocenters. The van der Waals surface area contributed by atoms with Crippen LogP contribution >= 0.6 is 0 Å². The molecule has 7 heteroatoms. The lowest BCUT2D eigenvalue weighted by atomic mass is 9.97. The van der Waals surface area contributed by atoms with Crippen LogP contribution < -0.4 is 10.3 Å². The van der Waals surface area contributed by atoms with Gasteiger partial charge in [-0.25, -0.2) is 0 Å². The van der Waals surface area contributed by atoms with Crippen LogP contribution in [0, 0.1) is 18.3 Å². The third-order valence-electron chi connectivity index (χ3n) is 4.33. The summed E-state index contributed by atoms with van der Waals surface area (Å²) in [5, 5.41) is 19.9. The summed E-state index contributed by atoms with van der Waals surface area (Å²) in [7, 11) is 3.08. The van der Waals surface area contributed by atoms with Gasteiger partial charge in [0.05, 0.1) is 12.7 Å². The molecule has 0 fully saturated rings. The largest absolute Gasteiger partial charge is 0.497 e. The molecule has 1 heterocycles. The molecule has 1 N–H and O–H groups in total. The van der Waals surface area contributed by atoms with Gasteiger partial charge in [-0.2, -0.15) is 5.26 Å². The molecule has 1 aromatic heterocycles. The first-order valence-electron chi connectivity index (χ1n) is 8.46. The Balaban J connectivity index is 2.44. The number of ketones is 1. The topological polar surface area (TPSA) is 102 Å². The van der Waals surface area contributed by atoms with Gasteiger partial charge in [0.2, 0.25) is 5.88 Å². The molecule has 0 aliphatic carbocycles. The second-order valence-electron chi connectivity index (χ2n) is 6.06. The predicted octanol–water partition coefficient (Wildman–Crippen LogP) is 2.20. The Hall–Kier alpha value is -3.11. The maximum atomic E-state index is 12.8. The number of hydrogen-bond acceptors (Lipinski definition) is 6. The van der Waals surface area contributed by atoms with Gasteiger partial charge in [0, 0.05) is 26.7 Å². The molecule has 0 radical (unpaired) electrons. The van der Waals surface area contributed by atoms with Gasteiger partial charge in [-0.15, -0.1) is 0 Å². The number of aromatic nitrogens is 1. The first-order valence-corrected chi connectivity index (χ1v) is 8.46. The van der Waals surface area contributed by atoms with Gasteiger partial charge in [0.25, 0.3) is 5.56 Å². The Kier molecular flexibility index (Phi) is 6.74. The van der Waals surface area contributed by atoms with E-state index in [1.54, 1.807) is 31.4 Å². The van der Waals surface area contributed by atoms with Gasteiger partial charge in [-0.3, -0.25) is 14.2 Å². The van der Waals surface area contributed by atoms with Crippen LogP contribution in [0.25, 0.3) is 0 Å². The monoisotopic (exact) mass is 370 g/mol. The molecule has 2 aromatic rings. The molecule has 1 aromatic carbocycles. The number of rotatable bonds is 8. The fourth-order valence-corrected chi connectivity index (χ4v) is 2.88. The van der Waals surface area contributed by atoms with Crippen molar-refractivity contribution in [1.29, 1.82) is 5.26 Å².